The second-order valence-corrected chi connectivity index (χ2v) is 11.4. The maximum absolute atomic E-state index is 13.7. The molecule has 1 aromatic carbocycles. The summed E-state index contributed by atoms with van der Waals surface area (Å²) in [6.45, 7) is 9.52. The lowest BCUT2D eigenvalue weighted by atomic mass is 9.51. The number of rotatable bonds is 2. The minimum absolute atomic E-state index is 0.0311. The Kier molecular flexibility index (Phi) is 5.29. The fourth-order valence-corrected chi connectivity index (χ4v) is 7.21. The van der Waals surface area contributed by atoms with Crippen LogP contribution in [0.5, 0.6) is 5.75 Å². The van der Waals surface area contributed by atoms with Crippen LogP contribution in [0.4, 0.5) is 0 Å². The Morgan fingerprint density at radius 3 is 2.22 bits per heavy atom. The van der Waals surface area contributed by atoms with Crippen molar-refractivity contribution in [2.45, 2.75) is 83.6 Å². The molecule has 174 valence electrons. The molecule has 0 aromatic heterocycles. The van der Waals surface area contributed by atoms with Crippen LogP contribution in [0.25, 0.3) is 0 Å². The molecule has 2 aliphatic heterocycles. The summed E-state index contributed by atoms with van der Waals surface area (Å²) in [6, 6.07) is 6.00. The van der Waals surface area contributed by atoms with Crippen molar-refractivity contribution in [3.05, 3.63) is 29.3 Å². The number of hydrogen-bond acceptors (Lipinski definition) is 3. The summed E-state index contributed by atoms with van der Waals surface area (Å²) < 4.78 is 0. The molecule has 2 amide bonds. The predicted octanol–water partition coefficient (Wildman–Crippen LogP) is 4.26. The number of phenols is 1. The van der Waals surface area contributed by atoms with Gasteiger partial charge in [-0.15, -0.1) is 0 Å². The number of fused-ring (bicyclic) bond motifs is 4. The number of nitrogens with zero attached hydrogens (tertiary/aromatic N) is 2. The van der Waals surface area contributed by atoms with Crippen LogP contribution in [0.15, 0.2) is 18.2 Å². The Bertz CT molecular complexity index is 911. The fourth-order valence-electron chi connectivity index (χ4n) is 7.21. The maximum Gasteiger partial charge on any atom is 0.225 e. The average molecular weight is 439 g/mol. The van der Waals surface area contributed by atoms with E-state index in [-0.39, 0.29) is 34.6 Å². The molecular weight excluding hydrogens is 400 g/mol. The number of hydrogen-bond donors (Lipinski definition) is 1. The third-order valence-electron chi connectivity index (χ3n) is 9.75. The molecule has 0 radical (unpaired) electrons. The van der Waals surface area contributed by atoms with Crippen molar-refractivity contribution in [2.75, 3.05) is 19.6 Å². The molecule has 0 unspecified atom stereocenters. The number of carbonyl (C=O) groups excluding carboxylic acids is 2. The largest absolute Gasteiger partial charge is 0.508 e. The fraction of sp³-hybridized carbons (Fsp3) is 0.704. The Morgan fingerprint density at radius 2 is 1.56 bits per heavy atom. The van der Waals surface area contributed by atoms with Crippen molar-refractivity contribution in [3.8, 4) is 5.75 Å². The first-order valence-electron chi connectivity index (χ1n) is 12.6. The highest BCUT2D eigenvalue weighted by atomic mass is 16.3. The van der Waals surface area contributed by atoms with Gasteiger partial charge in [-0.1, -0.05) is 32.9 Å². The highest BCUT2D eigenvalue weighted by molar-refractivity contribution is 5.82. The van der Waals surface area contributed by atoms with Crippen molar-refractivity contribution in [2.24, 2.45) is 17.3 Å². The van der Waals surface area contributed by atoms with Crippen LogP contribution in [-0.2, 0) is 21.4 Å². The van der Waals surface area contributed by atoms with Gasteiger partial charge < -0.3 is 14.9 Å². The lowest BCUT2D eigenvalue weighted by Gasteiger charge is -2.61. The van der Waals surface area contributed by atoms with E-state index in [4.69, 9.17) is 0 Å². The van der Waals surface area contributed by atoms with E-state index in [0.717, 1.165) is 76.6 Å². The Balaban J connectivity index is 1.32. The molecule has 2 heterocycles. The Morgan fingerprint density at radius 1 is 0.938 bits per heavy atom. The quantitative estimate of drug-likeness (QED) is 0.750. The minimum Gasteiger partial charge on any atom is -0.508 e. The lowest BCUT2D eigenvalue weighted by Crippen LogP contribution is -2.65. The zero-order chi connectivity index (χ0) is 22.7. The molecule has 1 saturated carbocycles. The van der Waals surface area contributed by atoms with Crippen LogP contribution in [0.1, 0.15) is 76.8 Å². The summed E-state index contributed by atoms with van der Waals surface area (Å²) in [5.41, 5.74) is 2.16. The van der Waals surface area contributed by atoms with Gasteiger partial charge in [0.25, 0.3) is 0 Å². The standard InChI is InChI=1S/C27H38N2O3/c1-26(2)23-17-20-21(7-6-8-22(20)30)27(26,3)13-16-29(23)25(32)19-11-9-18(10-12-19)24(31)28-14-4-5-15-28/h6-8,18-19,23,30H,4-5,9-17H2,1-3H3/t18-,19+,23-,27+/m1/s1. The second-order valence-electron chi connectivity index (χ2n) is 11.4. The number of amides is 2. The Hall–Kier alpha value is -2.04. The molecule has 4 aliphatic rings. The SMILES string of the molecule is CC1(C)[C@H]2Cc3c(O)cccc3[C@]1(C)CCN2C(=O)[C@H]1CC[C@@H](C(=O)N2CCCC2)CC1. The van der Waals surface area contributed by atoms with E-state index in [1.54, 1.807) is 6.07 Å². The van der Waals surface area contributed by atoms with E-state index in [0.29, 0.717) is 11.7 Å². The predicted molar refractivity (Wildman–Crippen MR) is 124 cm³/mol. The van der Waals surface area contributed by atoms with Crippen molar-refractivity contribution >= 4 is 11.8 Å². The van der Waals surface area contributed by atoms with Gasteiger partial charge in [-0.25, -0.2) is 0 Å². The Labute approximate surface area is 192 Å². The molecule has 1 aromatic rings. The van der Waals surface area contributed by atoms with Crippen LogP contribution >= 0.6 is 0 Å². The monoisotopic (exact) mass is 438 g/mol. The van der Waals surface area contributed by atoms with Gasteiger partial charge in [0.15, 0.2) is 0 Å². The van der Waals surface area contributed by atoms with E-state index >= 15 is 0 Å². The van der Waals surface area contributed by atoms with E-state index in [1.807, 2.05) is 11.0 Å². The first-order chi connectivity index (χ1) is 15.2. The van der Waals surface area contributed by atoms with Crippen molar-refractivity contribution in [1.82, 2.24) is 9.80 Å². The minimum atomic E-state index is -0.0649. The molecule has 5 rings (SSSR count). The summed E-state index contributed by atoms with van der Waals surface area (Å²) in [7, 11) is 0. The van der Waals surface area contributed by atoms with E-state index in [1.165, 1.54) is 5.56 Å². The van der Waals surface area contributed by atoms with Crippen LogP contribution < -0.4 is 0 Å². The maximum atomic E-state index is 13.7. The van der Waals surface area contributed by atoms with Gasteiger partial charge in [-0.05, 0) is 74.0 Å². The molecule has 32 heavy (non-hydrogen) atoms. The highest BCUT2D eigenvalue weighted by Gasteiger charge is 2.57. The molecule has 2 atom stereocenters. The second kappa shape index (κ2) is 7.78. The van der Waals surface area contributed by atoms with Crippen LogP contribution in [0, 0.1) is 17.3 Å². The van der Waals surface area contributed by atoms with Gasteiger partial charge in [0.1, 0.15) is 5.75 Å². The van der Waals surface area contributed by atoms with Gasteiger partial charge in [0.05, 0.1) is 0 Å². The van der Waals surface area contributed by atoms with Crippen LogP contribution in [0.2, 0.25) is 0 Å². The average Bonchev–Trinajstić information content (AvgIpc) is 3.31. The first-order valence-corrected chi connectivity index (χ1v) is 12.6. The normalized spacial score (nSPS) is 33.7. The third kappa shape index (κ3) is 3.18. The van der Waals surface area contributed by atoms with Crippen LogP contribution in [-0.4, -0.2) is 52.4 Å². The molecular formula is C27H38N2O3. The molecule has 2 aliphatic carbocycles. The summed E-state index contributed by atoms with van der Waals surface area (Å²) in [6.07, 6.45) is 7.23. The topological polar surface area (TPSA) is 60.9 Å². The van der Waals surface area contributed by atoms with Crippen LogP contribution in [0.3, 0.4) is 0 Å². The summed E-state index contributed by atoms with van der Waals surface area (Å²) >= 11 is 0. The lowest BCUT2D eigenvalue weighted by molar-refractivity contribution is -0.150. The number of piperidine rings is 1. The zero-order valence-corrected chi connectivity index (χ0v) is 19.9. The van der Waals surface area contributed by atoms with Gasteiger partial charge in [0, 0.05) is 42.9 Å². The van der Waals surface area contributed by atoms with E-state index in [9.17, 15) is 14.7 Å². The van der Waals surface area contributed by atoms with E-state index < -0.39 is 0 Å². The van der Waals surface area contributed by atoms with Gasteiger partial charge in [-0.3, -0.25) is 9.59 Å². The summed E-state index contributed by atoms with van der Waals surface area (Å²) in [5, 5.41) is 10.6. The molecule has 2 saturated heterocycles. The molecule has 5 heteroatoms. The zero-order valence-electron chi connectivity index (χ0n) is 19.9. The molecule has 3 fully saturated rings. The van der Waals surface area contributed by atoms with Crippen molar-refractivity contribution < 1.29 is 14.7 Å². The number of aromatic hydroxyl groups is 1. The number of benzene rings is 1. The number of phenolic OH excluding ortho intramolecular Hbond substituents is 1. The van der Waals surface area contributed by atoms with Crippen molar-refractivity contribution in [1.29, 1.82) is 0 Å². The molecule has 1 N–H and O–H groups in total. The summed E-state index contributed by atoms with van der Waals surface area (Å²) in [5.74, 6) is 1.10. The number of carbonyl (C=O) groups is 2. The van der Waals surface area contributed by atoms with Gasteiger partial charge in [-0.2, -0.15) is 0 Å². The van der Waals surface area contributed by atoms with Crippen molar-refractivity contribution in [3.63, 3.8) is 0 Å². The third-order valence-corrected chi connectivity index (χ3v) is 9.75. The number of likely N-dealkylation sites (tertiary alicyclic amines) is 2. The molecule has 2 bridgehead atoms. The smallest absolute Gasteiger partial charge is 0.225 e. The molecule has 0 spiro atoms. The highest BCUT2D eigenvalue weighted by Crippen LogP contribution is 2.57. The van der Waals surface area contributed by atoms with Gasteiger partial charge in [0.2, 0.25) is 11.8 Å². The van der Waals surface area contributed by atoms with E-state index in [2.05, 4.69) is 31.7 Å². The van der Waals surface area contributed by atoms with Gasteiger partial charge >= 0.3 is 0 Å². The first kappa shape index (κ1) is 21.8. The summed E-state index contributed by atoms with van der Waals surface area (Å²) in [4.78, 5) is 30.7. The molecule has 5 nitrogen and oxygen atoms in total.